The van der Waals surface area contributed by atoms with Crippen LogP contribution in [0.4, 0.5) is 0 Å². The number of carbonyl (C=O) groups is 2. The van der Waals surface area contributed by atoms with E-state index in [0.29, 0.717) is 45.7 Å². The van der Waals surface area contributed by atoms with Crippen molar-refractivity contribution in [1.29, 1.82) is 0 Å². The third kappa shape index (κ3) is 13.6. The summed E-state index contributed by atoms with van der Waals surface area (Å²) in [5.74, 6) is -0.274. The Balaban J connectivity index is 1.14. The Labute approximate surface area is 329 Å². The number of rotatable bonds is 23. The van der Waals surface area contributed by atoms with Crippen LogP contribution in [0.5, 0.6) is 11.5 Å². The Morgan fingerprint density at radius 3 is 1.54 bits per heavy atom. The second-order valence-electron chi connectivity index (χ2n) is 14.1. The van der Waals surface area contributed by atoms with E-state index in [1.165, 1.54) is 0 Å². The van der Waals surface area contributed by atoms with Gasteiger partial charge in [0.25, 0.3) is 0 Å². The number of likely N-dealkylation sites (N-methyl/N-ethyl adjacent to an activating group) is 2. The van der Waals surface area contributed by atoms with Crippen LogP contribution in [0.15, 0.2) is 127 Å². The van der Waals surface area contributed by atoms with Crippen LogP contribution in [0.1, 0.15) is 34.2 Å². The average molecular weight is 761 g/mol. The highest BCUT2D eigenvalue weighted by Crippen LogP contribution is 2.24. The Morgan fingerprint density at radius 2 is 1.02 bits per heavy atom. The quantitative estimate of drug-likeness (QED) is 0.0643. The van der Waals surface area contributed by atoms with Crippen LogP contribution in [0.25, 0.3) is 11.1 Å². The van der Waals surface area contributed by atoms with Gasteiger partial charge in [-0.3, -0.25) is 19.4 Å². The fraction of sp³-hybridized carbons (Fsp3) is 0.304. The Bertz CT molecular complexity index is 1950. The zero-order valence-corrected chi connectivity index (χ0v) is 32.1. The predicted molar refractivity (Wildman–Crippen MR) is 217 cm³/mol. The van der Waals surface area contributed by atoms with Gasteiger partial charge in [-0.05, 0) is 109 Å². The minimum Gasteiger partial charge on any atom is -0.489 e. The van der Waals surface area contributed by atoms with Crippen molar-refractivity contribution in [2.24, 2.45) is 0 Å². The topological polar surface area (TPSA) is 129 Å². The molecule has 0 amide bonds. The number of hydrogen-bond acceptors (Lipinski definition) is 8. The molecule has 0 radical (unpaired) electrons. The summed E-state index contributed by atoms with van der Waals surface area (Å²) in [5.41, 5.74) is 7.34. The minimum absolute atomic E-state index is 0.00887. The molecule has 5 aromatic rings. The van der Waals surface area contributed by atoms with Crippen LogP contribution in [-0.2, 0) is 47.0 Å². The standard InChI is InChI=1S/C46H52N2O8/c1-47(28-45(50)51)41(22-23-49)26-34-14-18-44(19-15-34)56-32-38-11-7-13-40(25-38)39-12-6-10-37(24-39)30-54-33-42(48(2)29-46(52)53)27-35-16-20-43(21-17-35)55-31-36-8-4-3-5-9-36/h3-21,24-25,41-42,49H,22-23,26-33H2,1-2H3,(H,50,51)(H,52,53)/t41-,42?/m1/s1. The van der Waals surface area contributed by atoms with Gasteiger partial charge in [0.1, 0.15) is 24.7 Å². The Morgan fingerprint density at radius 1 is 0.554 bits per heavy atom. The second kappa shape index (κ2) is 21.5. The van der Waals surface area contributed by atoms with Gasteiger partial charge in [-0.1, -0.05) is 91.0 Å². The third-order valence-electron chi connectivity index (χ3n) is 9.69. The highest BCUT2D eigenvalue weighted by atomic mass is 16.5. The van der Waals surface area contributed by atoms with E-state index in [2.05, 4.69) is 24.3 Å². The van der Waals surface area contributed by atoms with Crippen molar-refractivity contribution in [1.82, 2.24) is 9.80 Å². The lowest BCUT2D eigenvalue weighted by Crippen LogP contribution is -2.40. The molecule has 0 saturated carbocycles. The summed E-state index contributed by atoms with van der Waals surface area (Å²) < 4.78 is 18.3. The monoisotopic (exact) mass is 760 g/mol. The summed E-state index contributed by atoms with van der Waals surface area (Å²) in [7, 11) is 3.57. The molecular formula is C46H52N2O8. The van der Waals surface area contributed by atoms with Crippen molar-refractivity contribution in [3.8, 4) is 22.6 Å². The number of hydrogen-bond donors (Lipinski definition) is 3. The lowest BCUT2D eigenvalue weighted by atomic mass is 10.0. The zero-order chi connectivity index (χ0) is 39.7. The number of ether oxygens (including phenoxy) is 3. The summed E-state index contributed by atoms with van der Waals surface area (Å²) >= 11 is 0. The number of carboxylic acids is 2. The molecule has 0 aliphatic carbocycles. The highest BCUT2D eigenvalue weighted by Gasteiger charge is 2.19. The molecule has 10 heteroatoms. The molecule has 294 valence electrons. The summed E-state index contributed by atoms with van der Waals surface area (Å²) in [6.07, 6.45) is 1.74. The summed E-state index contributed by atoms with van der Waals surface area (Å²) in [6.45, 7) is 1.44. The molecule has 10 nitrogen and oxygen atoms in total. The van der Waals surface area contributed by atoms with Crippen molar-refractivity contribution < 1.29 is 39.1 Å². The molecule has 2 atom stereocenters. The largest absolute Gasteiger partial charge is 0.489 e. The molecule has 0 fully saturated rings. The summed E-state index contributed by atoms with van der Waals surface area (Å²) in [6, 6.07) is 41.9. The van der Waals surface area contributed by atoms with Gasteiger partial charge in [-0.25, -0.2) is 0 Å². The van der Waals surface area contributed by atoms with Gasteiger partial charge in [0.05, 0.1) is 26.3 Å². The number of aliphatic hydroxyl groups excluding tert-OH is 1. The van der Waals surface area contributed by atoms with Gasteiger partial charge in [0.15, 0.2) is 0 Å². The number of nitrogens with zero attached hydrogens (tertiary/aromatic N) is 2. The lowest BCUT2D eigenvalue weighted by molar-refractivity contribution is -0.139. The van der Waals surface area contributed by atoms with Gasteiger partial charge in [0.2, 0.25) is 0 Å². The van der Waals surface area contributed by atoms with Crippen LogP contribution in [0, 0.1) is 0 Å². The molecule has 0 spiro atoms. The van der Waals surface area contributed by atoms with Crippen molar-refractivity contribution in [3.05, 3.63) is 155 Å². The Hall–Kier alpha value is -5.52. The van der Waals surface area contributed by atoms with Crippen molar-refractivity contribution in [2.45, 2.75) is 51.2 Å². The normalized spacial score (nSPS) is 12.4. The predicted octanol–water partition coefficient (Wildman–Crippen LogP) is 6.97. The van der Waals surface area contributed by atoms with E-state index in [9.17, 15) is 19.8 Å². The van der Waals surface area contributed by atoms with Gasteiger partial charge < -0.3 is 29.5 Å². The summed E-state index contributed by atoms with van der Waals surface area (Å²) in [5, 5.41) is 28.1. The van der Waals surface area contributed by atoms with Crippen molar-refractivity contribution in [3.63, 3.8) is 0 Å². The van der Waals surface area contributed by atoms with E-state index >= 15 is 0 Å². The fourth-order valence-electron chi connectivity index (χ4n) is 6.54. The van der Waals surface area contributed by atoms with Crippen LogP contribution in [0.2, 0.25) is 0 Å². The van der Waals surface area contributed by atoms with E-state index in [0.717, 1.165) is 50.4 Å². The SMILES string of the molecule is CN(CC(=O)O)C(COCc1cccc(-c2cccc(COc3ccc(C[C@@H](CCO)N(C)CC(=O)O)cc3)c2)c1)Cc1ccc(OCc2ccccc2)cc1. The maximum absolute atomic E-state index is 11.6. The second-order valence-corrected chi connectivity index (χ2v) is 14.1. The maximum atomic E-state index is 11.6. The first-order chi connectivity index (χ1) is 27.1. The Kier molecular flexibility index (Phi) is 16.0. The van der Waals surface area contributed by atoms with E-state index in [4.69, 9.17) is 19.3 Å². The van der Waals surface area contributed by atoms with Gasteiger partial charge >= 0.3 is 11.9 Å². The zero-order valence-electron chi connectivity index (χ0n) is 32.1. The fourth-order valence-corrected chi connectivity index (χ4v) is 6.54. The first kappa shape index (κ1) is 41.6. The number of benzene rings is 5. The van der Waals surface area contributed by atoms with Crippen LogP contribution >= 0.6 is 0 Å². The van der Waals surface area contributed by atoms with Gasteiger partial charge in [0, 0.05) is 18.7 Å². The van der Waals surface area contributed by atoms with Crippen LogP contribution < -0.4 is 9.47 Å². The number of aliphatic hydroxyl groups is 1. The van der Waals surface area contributed by atoms with Crippen LogP contribution in [-0.4, -0.2) is 89.5 Å². The van der Waals surface area contributed by atoms with E-state index in [1.54, 1.807) is 11.9 Å². The molecule has 5 rings (SSSR count). The molecule has 0 heterocycles. The van der Waals surface area contributed by atoms with Crippen molar-refractivity contribution in [2.75, 3.05) is 40.4 Å². The van der Waals surface area contributed by atoms with Gasteiger partial charge in [-0.2, -0.15) is 0 Å². The summed E-state index contributed by atoms with van der Waals surface area (Å²) in [4.78, 5) is 26.3. The molecule has 0 aromatic heterocycles. The molecule has 0 aliphatic rings. The smallest absolute Gasteiger partial charge is 0.317 e. The lowest BCUT2D eigenvalue weighted by Gasteiger charge is -2.27. The van der Waals surface area contributed by atoms with Crippen molar-refractivity contribution >= 4 is 11.9 Å². The van der Waals surface area contributed by atoms with Crippen LogP contribution in [0.3, 0.4) is 0 Å². The molecule has 56 heavy (non-hydrogen) atoms. The minimum atomic E-state index is -0.895. The van der Waals surface area contributed by atoms with Gasteiger partial charge in [-0.15, -0.1) is 0 Å². The number of carboxylic acid groups (broad SMARTS) is 2. The number of aliphatic carboxylic acids is 2. The van der Waals surface area contributed by atoms with E-state index < -0.39 is 11.9 Å². The molecule has 1 unspecified atom stereocenters. The first-order valence-corrected chi connectivity index (χ1v) is 18.8. The third-order valence-corrected chi connectivity index (χ3v) is 9.69. The molecule has 5 aromatic carbocycles. The molecule has 0 bridgehead atoms. The molecular weight excluding hydrogens is 709 g/mol. The maximum Gasteiger partial charge on any atom is 0.317 e. The first-order valence-electron chi connectivity index (χ1n) is 18.8. The molecule has 3 N–H and O–H groups in total. The van der Waals surface area contributed by atoms with E-state index in [-0.39, 0.29) is 31.8 Å². The average Bonchev–Trinajstić information content (AvgIpc) is 3.20. The molecule has 0 aliphatic heterocycles. The molecule has 0 saturated heterocycles. The van der Waals surface area contributed by atoms with E-state index in [1.807, 2.05) is 115 Å². The highest BCUT2D eigenvalue weighted by molar-refractivity contribution is 5.69.